The van der Waals surface area contributed by atoms with Gasteiger partial charge in [0.25, 0.3) is 11.8 Å². The quantitative estimate of drug-likeness (QED) is 0.550. The Labute approximate surface area is 190 Å². The van der Waals surface area contributed by atoms with Gasteiger partial charge in [-0.1, -0.05) is 47.5 Å². The Balaban J connectivity index is 1.36. The second-order valence-electron chi connectivity index (χ2n) is 7.17. The van der Waals surface area contributed by atoms with Gasteiger partial charge in [0, 0.05) is 22.8 Å². The molecule has 3 aromatic rings. The highest BCUT2D eigenvalue weighted by molar-refractivity contribution is 6.37. The highest BCUT2D eigenvalue weighted by Gasteiger charge is 2.21. The average Bonchev–Trinajstić information content (AvgIpc) is 2.78. The van der Waals surface area contributed by atoms with E-state index in [-0.39, 0.29) is 22.9 Å². The fourth-order valence-corrected chi connectivity index (χ4v) is 4.00. The van der Waals surface area contributed by atoms with Gasteiger partial charge in [-0.2, -0.15) is 0 Å². The van der Waals surface area contributed by atoms with E-state index in [1.54, 1.807) is 36.4 Å². The van der Waals surface area contributed by atoms with Crippen molar-refractivity contribution in [3.8, 4) is 0 Å². The molecule has 0 aliphatic carbocycles. The van der Waals surface area contributed by atoms with E-state index >= 15 is 0 Å². The first-order valence-electron chi connectivity index (χ1n) is 9.85. The monoisotopic (exact) mass is 454 g/mol. The highest BCUT2D eigenvalue weighted by atomic mass is 35.5. The summed E-state index contributed by atoms with van der Waals surface area (Å²) in [5.41, 5.74) is 3.74. The maximum atomic E-state index is 12.5. The number of amides is 2. The van der Waals surface area contributed by atoms with Gasteiger partial charge in [0.1, 0.15) is 6.10 Å². The van der Waals surface area contributed by atoms with Gasteiger partial charge in [-0.25, -0.2) is 0 Å². The van der Waals surface area contributed by atoms with Crippen molar-refractivity contribution in [1.82, 2.24) is 5.32 Å². The molecule has 1 aliphatic rings. The van der Waals surface area contributed by atoms with E-state index in [1.165, 1.54) is 11.6 Å². The second kappa shape index (κ2) is 9.52. The van der Waals surface area contributed by atoms with Crippen molar-refractivity contribution in [2.24, 2.45) is 0 Å². The maximum absolute atomic E-state index is 12.5. The minimum Gasteiger partial charge on any atom is -0.371 e. The molecule has 4 rings (SSSR count). The third kappa shape index (κ3) is 5.07. The number of carbonyl (C=O) groups excluding carboxylic acids is 2. The fraction of sp³-hybridized carbons (Fsp3) is 0.167. The van der Waals surface area contributed by atoms with Crippen molar-refractivity contribution < 1.29 is 14.3 Å². The number of carbonyl (C=O) groups is 2. The Bertz CT molecular complexity index is 1120. The van der Waals surface area contributed by atoms with E-state index in [1.807, 2.05) is 18.2 Å². The molecule has 0 spiro atoms. The molecule has 0 bridgehead atoms. The lowest BCUT2D eigenvalue weighted by molar-refractivity contribution is 0.0411. The number of anilines is 1. The lowest BCUT2D eigenvalue weighted by Crippen LogP contribution is -2.31. The highest BCUT2D eigenvalue weighted by Crippen LogP contribution is 2.26. The minimum atomic E-state index is -0.355. The topological polar surface area (TPSA) is 67.4 Å². The van der Waals surface area contributed by atoms with E-state index in [0.717, 1.165) is 12.0 Å². The number of halogens is 2. The Hall–Kier alpha value is -2.86. The van der Waals surface area contributed by atoms with E-state index in [9.17, 15) is 9.59 Å². The third-order valence-corrected chi connectivity index (χ3v) is 5.67. The van der Waals surface area contributed by atoms with Gasteiger partial charge < -0.3 is 15.4 Å². The number of ether oxygens (including phenoxy) is 1. The molecule has 7 heteroatoms. The molecule has 2 N–H and O–H groups in total. The molecule has 0 fully saturated rings. The predicted octanol–water partition coefficient (Wildman–Crippen LogP) is 5.29. The molecule has 0 aromatic heterocycles. The largest absolute Gasteiger partial charge is 0.371 e. The van der Waals surface area contributed by atoms with Crippen molar-refractivity contribution in [3.05, 3.63) is 99.0 Å². The first-order chi connectivity index (χ1) is 15.0. The van der Waals surface area contributed by atoms with E-state index in [4.69, 9.17) is 27.9 Å². The second-order valence-corrected chi connectivity index (χ2v) is 8.02. The van der Waals surface area contributed by atoms with Crippen molar-refractivity contribution in [2.75, 3.05) is 18.5 Å². The Morgan fingerprint density at radius 1 is 0.968 bits per heavy atom. The van der Waals surface area contributed by atoms with Crippen LogP contribution in [0.15, 0.2) is 66.7 Å². The minimum absolute atomic E-state index is 0.156. The molecule has 5 nitrogen and oxygen atoms in total. The Morgan fingerprint density at radius 3 is 2.52 bits per heavy atom. The molecular formula is C24H20Cl2N2O3. The smallest absolute Gasteiger partial charge is 0.257 e. The van der Waals surface area contributed by atoms with Crippen LogP contribution in [0.5, 0.6) is 0 Å². The maximum Gasteiger partial charge on any atom is 0.257 e. The number of hydrogen-bond acceptors (Lipinski definition) is 3. The first-order valence-corrected chi connectivity index (χ1v) is 10.6. The number of rotatable bonds is 5. The summed E-state index contributed by atoms with van der Waals surface area (Å²) in [6.45, 7) is 1.03. The van der Waals surface area contributed by atoms with Crippen LogP contribution in [-0.2, 0) is 11.2 Å². The normalized spacial score (nSPS) is 15.1. The molecule has 0 unspecified atom stereocenters. The van der Waals surface area contributed by atoms with Crippen LogP contribution in [0.25, 0.3) is 0 Å². The lowest BCUT2D eigenvalue weighted by atomic mass is 9.97. The van der Waals surface area contributed by atoms with Gasteiger partial charge in [0.2, 0.25) is 0 Å². The number of hydrogen-bond donors (Lipinski definition) is 2. The molecule has 0 saturated carbocycles. The van der Waals surface area contributed by atoms with Crippen LogP contribution in [0, 0.1) is 0 Å². The predicted molar refractivity (Wildman–Crippen MR) is 122 cm³/mol. The van der Waals surface area contributed by atoms with Crippen LogP contribution in [-0.4, -0.2) is 25.0 Å². The summed E-state index contributed by atoms with van der Waals surface area (Å²) in [7, 11) is 0. The summed E-state index contributed by atoms with van der Waals surface area (Å²) in [6, 6.07) is 19.5. The summed E-state index contributed by atoms with van der Waals surface area (Å²) >= 11 is 11.9. The van der Waals surface area contributed by atoms with Gasteiger partial charge in [0.05, 0.1) is 17.2 Å². The van der Waals surface area contributed by atoms with Gasteiger partial charge >= 0.3 is 0 Å². The van der Waals surface area contributed by atoms with E-state index < -0.39 is 0 Å². The number of fused-ring (bicyclic) bond motifs is 1. The van der Waals surface area contributed by atoms with Crippen molar-refractivity contribution in [1.29, 1.82) is 0 Å². The molecule has 0 saturated heterocycles. The molecule has 1 heterocycles. The Kier molecular flexibility index (Phi) is 6.56. The summed E-state index contributed by atoms with van der Waals surface area (Å²) in [4.78, 5) is 25.0. The number of benzene rings is 3. The van der Waals surface area contributed by atoms with Gasteiger partial charge in [0.15, 0.2) is 0 Å². The summed E-state index contributed by atoms with van der Waals surface area (Å²) < 4.78 is 5.83. The van der Waals surface area contributed by atoms with Gasteiger partial charge in [-0.05, 0) is 60.0 Å². The van der Waals surface area contributed by atoms with Crippen LogP contribution in [0.4, 0.5) is 5.69 Å². The molecule has 0 radical (unpaired) electrons. The zero-order valence-electron chi connectivity index (χ0n) is 16.5. The van der Waals surface area contributed by atoms with Gasteiger partial charge in [-0.3, -0.25) is 9.59 Å². The standard InChI is InChI=1S/C24H20Cl2N2O3/c25-17-7-10-20(21(26)13-17)24(30)28-18-8-5-16(6-9-18)23(29)27-14-22-19-4-2-1-3-15(19)11-12-31-22/h1-10,13,22H,11-12,14H2,(H,27,29)(H,28,30)/t22-/m1/s1. The molecule has 1 atom stereocenters. The summed E-state index contributed by atoms with van der Waals surface area (Å²) in [5, 5.41) is 6.42. The molecule has 31 heavy (non-hydrogen) atoms. The SMILES string of the molecule is O=C(NC[C@H]1OCCc2ccccc21)c1ccc(NC(=O)c2ccc(Cl)cc2Cl)cc1. The Morgan fingerprint density at radius 2 is 1.74 bits per heavy atom. The van der Waals surface area contributed by atoms with Crippen molar-refractivity contribution in [3.63, 3.8) is 0 Å². The van der Waals surface area contributed by atoms with E-state index in [2.05, 4.69) is 16.7 Å². The summed E-state index contributed by atoms with van der Waals surface area (Å²) in [6.07, 6.45) is 0.728. The molecule has 1 aliphatic heterocycles. The van der Waals surface area contributed by atoms with Gasteiger partial charge in [-0.15, -0.1) is 0 Å². The van der Waals surface area contributed by atoms with Crippen LogP contribution in [0.1, 0.15) is 37.9 Å². The first kappa shape index (κ1) is 21.4. The average molecular weight is 455 g/mol. The zero-order chi connectivity index (χ0) is 21.8. The molecule has 2 amide bonds. The van der Waals surface area contributed by atoms with E-state index in [0.29, 0.717) is 35.0 Å². The van der Waals surface area contributed by atoms with Crippen molar-refractivity contribution in [2.45, 2.75) is 12.5 Å². The van der Waals surface area contributed by atoms with Crippen LogP contribution >= 0.6 is 23.2 Å². The number of nitrogens with one attached hydrogen (secondary N) is 2. The van der Waals surface area contributed by atoms with Crippen molar-refractivity contribution >= 4 is 40.7 Å². The molecule has 3 aromatic carbocycles. The summed E-state index contributed by atoms with van der Waals surface area (Å²) in [5.74, 6) is -0.558. The third-order valence-electron chi connectivity index (χ3n) is 5.12. The molecule has 158 valence electrons. The fourth-order valence-electron chi connectivity index (χ4n) is 3.51. The zero-order valence-corrected chi connectivity index (χ0v) is 18.0. The van der Waals surface area contributed by atoms with Crippen LogP contribution in [0.2, 0.25) is 10.0 Å². The lowest BCUT2D eigenvalue weighted by Gasteiger charge is -2.26. The van der Waals surface area contributed by atoms with Crippen LogP contribution < -0.4 is 10.6 Å². The molecular weight excluding hydrogens is 435 g/mol. The van der Waals surface area contributed by atoms with Crippen LogP contribution in [0.3, 0.4) is 0 Å².